The fraction of sp³-hybridized carbons (Fsp3) is 0.186. The Bertz CT molecular complexity index is 3900. The van der Waals surface area contributed by atoms with Gasteiger partial charge in [0, 0.05) is 79.2 Å². The number of anilines is 2. The molecule has 0 radical (unpaired) electrons. The number of rotatable bonds is 1. The van der Waals surface area contributed by atoms with E-state index in [2.05, 4.69) is 204 Å². The van der Waals surface area contributed by atoms with E-state index in [1.54, 1.807) is 0 Å². The topological polar surface area (TPSA) is 8.17 Å². The first kappa shape index (κ1) is 37.3. The van der Waals surface area contributed by atoms with E-state index in [1.807, 2.05) is 22.7 Å². The monoisotopic (exact) mass is 858 g/mol. The van der Waals surface area contributed by atoms with Crippen molar-refractivity contribution in [3.8, 4) is 27.9 Å². The van der Waals surface area contributed by atoms with Crippen molar-refractivity contribution in [3.05, 3.63) is 162 Å². The molecule has 2 nitrogen and oxygen atoms in total. The van der Waals surface area contributed by atoms with E-state index in [0.717, 1.165) is 0 Å². The van der Waals surface area contributed by atoms with Gasteiger partial charge in [0.05, 0.1) is 11.0 Å². The molecule has 0 atom stereocenters. The Morgan fingerprint density at radius 3 is 1.95 bits per heavy atom. The molecule has 11 aromatic rings. The van der Waals surface area contributed by atoms with E-state index in [-0.39, 0.29) is 23.1 Å². The summed E-state index contributed by atoms with van der Waals surface area (Å²) in [6, 6.07) is 55.0. The summed E-state index contributed by atoms with van der Waals surface area (Å²) in [6.45, 7) is 18.7. The zero-order chi connectivity index (χ0) is 43.3. The lowest BCUT2D eigenvalue weighted by atomic mass is 9.43. The number of benzene rings is 8. The van der Waals surface area contributed by atoms with E-state index >= 15 is 0 Å². The smallest absolute Gasteiger partial charge is 0.333 e. The van der Waals surface area contributed by atoms with Crippen molar-refractivity contribution in [1.29, 1.82) is 0 Å². The summed E-state index contributed by atoms with van der Waals surface area (Å²) >= 11 is 3.86. The lowest BCUT2D eigenvalue weighted by Crippen LogP contribution is -2.60. The van der Waals surface area contributed by atoms with Gasteiger partial charge in [0.1, 0.15) is 0 Å². The fourth-order valence-corrected chi connectivity index (χ4v) is 14.2. The summed E-state index contributed by atoms with van der Waals surface area (Å²) in [4.78, 5) is 2.72. The van der Waals surface area contributed by atoms with Crippen molar-refractivity contribution in [3.63, 3.8) is 0 Å². The standard InChI is InChI=1S/C59H47BN2S2/c1-57(2,3)32-17-20-34(21-18-32)62-49-31-54-43(37-22-19-33(58(4,5)6)25-52(37)64-54)26-41(49)38-23-24-39-42-29-53-44(36-14-10-12-16-51(36)63-53)28-48(42)61-50-27-40-35-13-9-11-15-45(35)59(7,8)46(40)30-47(50)60(62)55(38)56(39)61/h9-31H,1-8H3. The molecule has 3 aromatic heterocycles. The quantitative estimate of drug-likeness (QED) is 0.149. The van der Waals surface area contributed by atoms with Crippen LogP contribution in [0.2, 0.25) is 0 Å². The molecule has 0 unspecified atom stereocenters. The van der Waals surface area contributed by atoms with Gasteiger partial charge in [-0.3, -0.25) is 0 Å². The molecule has 14 rings (SSSR count). The number of hydrogen-bond acceptors (Lipinski definition) is 3. The predicted molar refractivity (Wildman–Crippen MR) is 281 cm³/mol. The Hall–Kier alpha value is -6.14. The van der Waals surface area contributed by atoms with Crippen molar-refractivity contribution < 1.29 is 0 Å². The third-order valence-corrected chi connectivity index (χ3v) is 17.5. The Labute approximate surface area is 382 Å². The first-order valence-electron chi connectivity index (χ1n) is 22.9. The first-order valence-corrected chi connectivity index (χ1v) is 24.5. The van der Waals surface area contributed by atoms with Crippen molar-refractivity contribution in [2.45, 2.75) is 71.6 Å². The van der Waals surface area contributed by atoms with E-state index in [9.17, 15) is 0 Å². The molecule has 2 aliphatic heterocycles. The molecular formula is C59H47BN2S2. The van der Waals surface area contributed by atoms with Crippen LogP contribution in [-0.4, -0.2) is 11.4 Å². The summed E-state index contributed by atoms with van der Waals surface area (Å²) in [5.74, 6) is 0. The van der Waals surface area contributed by atoms with Gasteiger partial charge in [-0.2, -0.15) is 0 Å². The van der Waals surface area contributed by atoms with Gasteiger partial charge in [-0.15, -0.1) is 22.7 Å². The Morgan fingerprint density at radius 1 is 0.469 bits per heavy atom. The summed E-state index contributed by atoms with van der Waals surface area (Å²) in [6.07, 6.45) is 0. The van der Waals surface area contributed by atoms with Crippen LogP contribution in [0.25, 0.3) is 90.1 Å². The van der Waals surface area contributed by atoms with Gasteiger partial charge in [0.15, 0.2) is 0 Å². The summed E-state index contributed by atoms with van der Waals surface area (Å²) in [7, 11) is 0. The summed E-state index contributed by atoms with van der Waals surface area (Å²) in [5.41, 5.74) is 20.1. The third kappa shape index (κ3) is 4.76. The van der Waals surface area contributed by atoms with Crippen LogP contribution in [0.3, 0.4) is 0 Å². The molecule has 0 spiro atoms. The van der Waals surface area contributed by atoms with Gasteiger partial charge in [-0.1, -0.05) is 140 Å². The van der Waals surface area contributed by atoms with Crippen molar-refractivity contribution in [2.75, 3.05) is 4.81 Å². The predicted octanol–water partition coefficient (Wildman–Crippen LogP) is 15.7. The molecule has 8 aromatic carbocycles. The van der Waals surface area contributed by atoms with Crippen molar-refractivity contribution in [1.82, 2.24) is 4.57 Å². The van der Waals surface area contributed by atoms with Crippen LogP contribution in [0.4, 0.5) is 11.4 Å². The molecular weight excluding hydrogens is 812 g/mol. The molecule has 3 aliphatic rings. The van der Waals surface area contributed by atoms with Crippen LogP contribution >= 0.6 is 22.7 Å². The van der Waals surface area contributed by atoms with Gasteiger partial charge < -0.3 is 9.38 Å². The molecule has 5 heteroatoms. The average molecular weight is 859 g/mol. The number of nitrogens with zero attached hydrogens (tertiary/aromatic N) is 2. The number of aromatic nitrogens is 1. The van der Waals surface area contributed by atoms with Crippen LogP contribution in [0.1, 0.15) is 77.6 Å². The lowest BCUT2D eigenvalue weighted by molar-refractivity contribution is 0.590. The second-order valence-corrected chi connectivity index (χ2v) is 23.5. The zero-order valence-electron chi connectivity index (χ0n) is 37.6. The van der Waals surface area contributed by atoms with E-state index in [1.165, 1.54) is 135 Å². The maximum absolute atomic E-state index is 2.72. The Balaban J connectivity index is 1.14. The third-order valence-electron chi connectivity index (χ3n) is 15.3. The highest BCUT2D eigenvalue weighted by Crippen LogP contribution is 2.53. The molecule has 0 N–H and O–H groups in total. The van der Waals surface area contributed by atoms with E-state index < -0.39 is 0 Å². The zero-order valence-corrected chi connectivity index (χ0v) is 39.2. The Kier molecular flexibility index (Phi) is 7.07. The average Bonchev–Trinajstić information content (AvgIpc) is 3.99. The molecule has 0 bridgehead atoms. The van der Waals surface area contributed by atoms with Gasteiger partial charge >= 0.3 is 6.85 Å². The second kappa shape index (κ2) is 12.1. The molecule has 308 valence electrons. The van der Waals surface area contributed by atoms with Crippen LogP contribution in [0, 0.1) is 0 Å². The van der Waals surface area contributed by atoms with Crippen LogP contribution in [0.15, 0.2) is 140 Å². The van der Waals surface area contributed by atoms with E-state index in [4.69, 9.17) is 0 Å². The summed E-state index contributed by atoms with van der Waals surface area (Å²) < 4.78 is 8.06. The highest BCUT2D eigenvalue weighted by atomic mass is 32.1. The first-order chi connectivity index (χ1) is 30.7. The highest BCUT2D eigenvalue weighted by Gasteiger charge is 2.46. The van der Waals surface area contributed by atoms with Gasteiger partial charge in [-0.05, 0) is 115 Å². The van der Waals surface area contributed by atoms with Gasteiger partial charge in [-0.25, -0.2) is 0 Å². The van der Waals surface area contributed by atoms with Crippen molar-refractivity contribution in [2.24, 2.45) is 0 Å². The van der Waals surface area contributed by atoms with Crippen LogP contribution in [0.5, 0.6) is 0 Å². The molecule has 5 heterocycles. The van der Waals surface area contributed by atoms with Gasteiger partial charge in [0.2, 0.25) is 0 Å². The molecule has 0 amide bonds. The minimum Gasteiger partial charge on any atom is -0.376 e. The maximum Gasteiger partial charge on any atom is 0.333 e. The molecule has 1 aliphatic carbocycles. The summed E-state index contributed by atoms with van der Waals surface area (Å²) in [5, 5.41) is 8.01. The number of hydrogen-bond donors (Lipinski definition) is 0. The minimum atomic E-state index is -0.141. The van der Waals surface area contributed by atoms with Crippen molar-refractivity contribution >= 4 is 114 Å². The second-order valence-electron chi connectivity index (χ2n) is 21.3. The maximum atomic E-state index is 2.72. The molecule has 0 saturated heterocycles. The van der Waals surface area contributed by atoms with Gasteiger partial charge in [0.25, 0.3) is 0 Å². The largest absolute Gasteiger partial charge is 0.376 e. The molecule has 0 fully saturated rings. The van der Waals surface area contributed by atoms with Crippen LogP contribution < -0.4 is 15.7 Å². The molecule has 64 heavy (non-hydrogen) atoms. The van der Waals surface area contributed by atoms with E-state index in [0.29, 0.717) is 0 Å². The SMILES string of the molecule is CC(C)(C)c1ccc(N2B3c4cc5c(cc4-n4c6cc7c(cc6c6ccc(c3c64)-c3cc4c(cc32)sc2cc(C(C)(C)C)ccc24)sc2ccccc27)-c2ccccc2C5(C)C)cc1. The Morgan fingerprint density at radius 2 is 1.14 bits per heavy atom. The normalized spacial score (nSPS) is 14.9. The minimum absolute atomic E-state index is 0.0465. The fourth-order valence-electron chi connectivity index (χ4n) is 11.9. The highest BCUT2D eigenvalue weighted by molar-refractivity contribution is 7.26. The number of fused-ring (bicyclic) bond motifs is 17. The molecule has 0 saturated carbocycles. The lowest BCUT2D eigenvalue weighted by Gasteiger charge is -2.42. The van der Waals surface area contributed by atoms with Crippen LogP contribution in [-0.2, 0) is 16.2 Å². The number of thiophene rings is 2.